The normalized spacial score (nSPS) is 11.0. The van der Waals surface area contributed by atoms with Gasteiger partial charge >= 0.3 is 5.97 Å². The molecule has 0 saturated heterocycles. The van der Waals surface area contributed by atoms with Crippen LogP contribution in [0.25, 0.3) is 16.9 Å². The molecule has 0 aliphatic heterocycles. The lowest BCUT2D eigenvalue weighted by Gasteiger charge is -2.05. The fraction of sp³-hybridized carbons (Fsp3) is 0.167. The summed E-state index contributed by atoms with van der Waals surface area (Å²) in [4.78, 5) is 23.9. The van der Waals surface area contributed by atoms with E-state index in [0.29, 0.717) is 28.7 Å². The molecule has 0 radical (unpaired) electrons. The number of pyridine rings is 1. The lowest BCUT2D eigenvalue weighted by molar-refractivity contribution is 0.0455. The van der Waals surface area contributed by atoms with Crippen LogP contribution in [0.3, 0.4) is 0 Å². The quantitative estimate of drug-likeness (QED) is 0.420. The maximum atomic E-state index is 12.5. The number of carbonyl (C=O) groups is 1. The summed E-state index contributed by atoms with van der Waals surface area (Å²) >= 11 is 5.85. The minimum atomic E-state index is -0.555. The fourth-order valence-corrected chi connectivity index (χ4v) is 2.89. The van der Waals surface area contributed by atoms with Gasteiger partial charge in [-0.05, 0) is 30.7 Å². The number of para-hydroxylation sites is 1. The van der Waals surface area contributed by atoms with Crippen LogP contribution in [0.15, 0.2) is 42.5 Å². The standard InChI is InChI=1S/C18H15ClN6O2/c1-2-13-16(23-24-25(13)11-6-4-3-5-7-11)18(26)27-10-15-20-12-8-9-14(19)21-17(12)22-15/h3-9H,2,10H2,1H3,(H,20,21,22). The summed E-state index contributed by atoms with van der Waals surface area (Å²) in [6, 6.07) is 12.9. The summed E-state index contributed by atoms with van der Waals surface area (Å²) in [7, 11) is 0. The first kappa shape index (κ1) is 17.2. The number of hydrogen-bond donors (Lipinski definition) is 1. The summed E-state index contributed by atoms with van der Waals surface area (Å²) in [5, 5.41) is 8.45. The highest BCUT2D eigenvalue weighted by Gasteiger charge is 2.21. The molecule has 1 aromatic carbocycles. The number of H-pyrrole nitrogens is 1. The number of rotatable bonds is 5. The number of esters is 1. The molecule has 1 N–H and O–H groups in total. The van der Waals surface area contributed by atoms with E-state index in [4.69, 9.17) is 16.3 Å². The van der Waals surface area contributed by atoms with Crippen LogP contribution in [-0.4, -0.2) is 35.9 Å². The molecular formula is C18H15ClN6O2. The Bertz CT molecular complexity index is 1110. The molecule has 136 valence electrons. The van der Waals surface area contributed by atoms with Gasteiger partial charge in [-0.2, -0.15) is 0 Å². The number of aromatic nitrogens is 6. The number of ether oxygens (including phenoxy) is 1. The van der Waals surface area contributed by atoms with Crippen molar-refractivity contribution in [1.29, 1.82) is 0 Å². The molecule has 8 nitrogen and oxygen atoms in total. The number of nitrogens with one attached hydrogen (secondary N) is 1. The Balaban J connectivity index is 1.53. The van der Waals surface area contributed by atoms with Crippen LogP contribution in [0, 0.1) is 0 Å². The van der Waals surface area contributed by atoms with Crippen molar-refractivity contribution >= 4 is 28.7 Å². The fourth-order valence-electron chi connectivity index (χ4n) is 2.74. The van der Waals surface area contributed by atoms with Gasteiger partial charge in [-0.1, -0.05) is 41.9 Å². The number of aromatic amines is 1. The monoisotopic (exact) mass is 382 g/mol. The molecule has 4 aromatic rings. The van der Waals surface area contributed by atoms with E-state index in [1.807, 2.05) is 37.3 Å². The second-order valence-electron chi connectivity index (χ2n) is 5.75. The zero-order valence-corrected chi connectivity index (χ0v) is 15.1. The lowest BCUT2D eigenvalue weighted by atomic mass is 10.2. The highest BCUT2D eigenvalue weighted by atomic mass is 35.5. The molecule has 0 unspecified atom stereocenters. The van der Waals surface area contributed by atoms with Gasteiger partial charge in [0.2, 0.25) is 0 Å². The molecule has 0 fully saturated rings. The highest BCUT2D eigenvalue weighted by molar-refractivity contribution is 6.29. The molecule has 0 amide bonds. The summed E-state index contributed by atoms with van der Waals surface area (Å²) in [6.07, 6.45) is 0.583. The van der Waals surface area contributed by atoms with Gasteiger partial charge in [-0.3, -0.25) is 0 Å². The zero-order chi connectivity index (χ0) is 18.8. The van der Waals surface area contributed by atoms with E-state index in [2.05, 4.69) is 25.3 Å². The molecule has 0 aliphatic carbocycles. The summed E-state index contributed by atoms with van der Waals surface area (Å²) in [5.74, 6) is -0.0814. The summed E-state index contributed by atoms with van der Waals surface area (Å²) in [6.45, 7) is 1.90. The van der Waals surface area contributed by atoms with Crippen LogP contribution >= 0.6 is 11.6 Å². The van der Waals surface area contributed by atoms with Gasteiger partial charge in [0.1, 0.15) is 17.6 Å². The molecule has 0 aliphatic rings. The van der Waals surface area contributed by atoms with Gasteiger partial charge in [0.25, 0.3) is 0 Å². The predicted molar refractivity (Wildman–Crippen MR) is 98.8 cm³/mol. The van der Waals surface area contributed by atoms with Crippen molar-refractivity contribution in [2.45, 2.75) is 20.0 Å². The van der Waals surface area contributed by atoms with Crippen molar-refractivity contribution in [3.8, 4) is 5.69 Å². The number of nitrogens with zero attached hydrogens (tertiary/aromatic N) is 5. The van der Waals surface area contributed by atoms with Crippen molar-refractivity contribution in [2.24, 2.45) is 0 Å². The van der Waals surface area contributed by atoms with Crippen molar-refractivity contribution in [2.75, 3.05) is 0 Å². The van der Waals surface area contributed by atoms with Gasteiger partial charge in [0.15, 0.2) is 11.3 Å². The van der Waals surface area contributed by atoms with Crippen LogP contribution in [0.5, 0.6) is 0 Å². The molecule has 0 spiro atoms. The molecule has 3 aromatic heterocycles. The third-order valence-corrected chi connectivity index (χ3v) is 4.20. The molecule has 27 heavy (non-hydrogen) atoms. The molecule has 9 heteroatoms. The maximum absolute atomic E-state index is 12.5. The first-order valence-electron chi connectivity index (χ1n) is 8.34. The Kier molecular flexibility index (Phi) is 4.55. The minimum absolute atomic E-state index is 0.0336. The van der Waals surface area contributed by atoms with Crippen molar-refractivity contribution in [3.63, 3.8) is 0 Å². The number of halogens is 1. The molecule has 0 saturated carbocycles. The molecular weight excluding hydrogens is 368 g/mol. The molecule has 3 heterocycles. The Morgan fingerprint density at radius 1 is 1.19 bits per heavy atom. The van der Waals surface area contributed by atoms with Crippen LogP contribution < -0.4 is 0 Å². The minimum Gasteiger partial charge on any atom is -0.453 e. The van der Waals surface area contributed by atoms with Crippen LogP contribution in [0.2, 0.25) is 5.15 Å². The van der Waals surface area contributed by atoms with E-state index in [1.54, 1.807) is 16.8 Å². The predicted octanol–water partition coefficient (Wildman–Crippen LogP) is 3.11. The number of hydrogen-bond acceptors (Lipinski definition) is 6. The second-order valence-corrected chi connectivity index (χ2v) is 6.14. The Labute approximate surface area is 159 Å². The Morgan fingerprint density at radius 3 is 2.78 bits per heavy atom. The third-order valence-electron chi connectivity index (χ3n) is 3.99. The summed E-state index contributed by atoms with van der Waals surface area (Å²) in [5.41, 5.74) is 2.90. The largest absolute Gasteiger partial charge is 0.453 e. The zero-order valence-electron chi connectivity index (χ0n) is 14.4. The average Bonchev–Trinajstić information content (AvgIpc) is 3.30. The van der Waals surface area contributed by atoms with Crippen LogP contribution in [-0.2, 0) is 17.8 Å². The van der Waals surface area contributed by atoms with Crippen LogP contribution in [0.4, 0.5) is 0 Å². The molecule has 0 bridgehead atoms. The van der Waals surface area contributed by atoms with Crippen molar-refractivity contribution in [1.82, 2.24) is 29.9 Å². The SMILES string of the molecule is CCc1c(C(=O)OCc2nc3nc(Cl)ccc3[nH]2)nnn1-c1ccccc1. The smallest absolute Gasteiger partial charge is 0.361 e. The van der Waals surface area contributed by atoms with Crippen molar-refractivity contribution in [3.05, 3.63) is 64.8 Å². The molecule has 4 rings (SSSR count). The van der Waals surface area contributed by atoms with Gasteiger partial charge in [0, 0.05) is 0 Å². The number of fused-ring (bicyclic) bond motifs is 1. The van der Waals surface area contributed by atoms with E-state index in [1.165, 1.54) is 0 Å². The van der Waals surface area contributed by atoms with Gasteiger partial charge < -0.3 is 9.72 Å². The lowest BCUT2D eigenvalue weighted by Crippen LogP contribution is -2.10. The first-order chi connectivity index (χ1) is 13.2. The molecule has 0 atom stereocenters. The summed E-state index contributed by atoms with van der Waals surface area (Å²) < 4.78 is 7.00. The van der Waals surface area contributed by atoms with Crippen molar-refractivity contribution < 1.29 is 9.53 Å². The van der Waals surface area contributed by atoms with Gasteiger partial charge in [0.05, 0.1) is 16.9 Å². The van der Waals surface area contributed by atoms with Crippen LogP contribution in [0.1, 0.15) is 28.9 Å². The third kappa shape index (κ3) is 3.39. The Hall–Kier alpha value is -3.26. The number of benzene rings is 1. The second kappa shape index (κ2) is 7.16. The van der Waals surface area contributed by atoms with E-state index >= 15 is 0 Å². The van der Waals surface area contributed by atoms with Gasteiger partial charge in [-0.15, -0.1) is 5.10 Å². The van der Waals surface area contributed by atoms with E-state index < -0.39 is 5.97 Å². The average molecular weight is 383 g/mol. The number of imidazole rings is 1. The van der Waals surface area contributed by atoms with E-state index in [0.717, 1.165) is 11.2 Å². The number of carbonyl (C=O) groups excluding carboxylic acids is 1. The topological polar surface area (TPSA) is 98.6 Å². The Morgan fingerprint density at radius 2 is 2.00 bits per heavy atom. The van der Waals surface area contributed by atoms with E-state index in [9.17, 15) is 4.79 Å². The van der Waals surface area contributed by atoms with Gasteiger partial charge in [-0.25, -0.2) is 19.4 Å². The van der Waals surface area contributed by atoms with E-state index in [-0.39, 0.29) is 12.3 Å². The first-order valence-corrected chi connectivity index (χ1v) is 8.71. The maximum Gasteiger partial charge on any atom is 0.361 e. The highest BCUT2D eigenvalue weighted by Crippen LogP contribution is 2.16.